The van der Waals surface area contributed by atoms with Crippen molar-refractivity contribution in [3.8, 4) is 0 Å². The molecule has 0 radical (unpaired) electrons. The van der Waals surface area contributed by atoms with E-state index in [2.05, 4.69) is 19.6 Å². The molecule has 0 aromatic carbocycles. The third kappa shape index (κ3) is 7.15. The molecule has 0 spiro atoms. The van der Waals surface area contributed by atoms with Crippen LogP contribution in [0.15, 0.2) is 29.5 Å². The van der Waals surface area contributed by atoms with E-state index in [1.165, 1.54) is 24.8 Å². The van der Waals surface area contributed by atoms with Crippen LogP contribution in [0.4, 0.5) is 0 Å². The normalized spacial score (nSPS) is 9.73. The molecular formula is C11H18. The highest BCUT2D eigenvalue weighted by Gasteiger charge is 1.84. The Kier molecular flexibility index (Phi) is 6.87. The van der Waals surface area contributed by atoms with Crippen molar-refractivity contribution in [2.24, 2.45) is 0 Å². The maximum Gasteiger partial charge on any atom is -0.0204 e. The summed E-state index contributed by atoms with van der Waals surface area (Å²) in [5, 5.41) is 0. The molecule has 0 heterocycles. The molecule has 0 heteroatoms. The van der Waals surface area contributed by atoms with E-state index in [9.17, 15) is 0 Å². The molecule has 0 nitrogen and oxygen atoms in total. The van der Waals surface area contributed by atoms with Gasteiger partial charge in [-0.25, -0.2) is 0 Å². The van der Waals surface area contributed by atoms with E-state index in [0.717, 1.165) is 0 Å². The minimum Gasteiger partial charge on any atom is -0.122 e. The van der Waals surface area contributed by atoms with Gasteiger partial charge in [0.15, 0.2) is 0 Å². The first kappa shape index (κ1) is 10.3. The fourth-order valence-electron chi connectivity index (χ4n) is 0.801. The summed E-state index contributed by atoms with van der Waals surface area (Å²) in [5.41, 5.74) is 4.58. The van der Waals surface area contributed by atoms with Gasteiger partial charge in [0.1, 0.15) is 0 Å². The number of unbranched alkanes of at least 4 members (excludes halogenated alkanes) is 1. The van der Waals surface area contributed by atoms with Crippen molar-refractivity contribution in [1.29, 1.82) is 0 Å². The van der Waals surface area contributed by atoms with Crippen LogP contribution < -0.4 is 0 Å². The summed E-state index contributed by atoms with van der Waals surface area (Å²) in [5.74, 6) is 0. The first-order valence-corrected chi connectivity index (χ1v) is 4.34. The minimum atomic E-state index is 1.19. The monoisotopic (exact) mass is 150 g/mol. The maximum absolute atomic E-state index is 3.22. The third-order valence-corrected chi connectivity index (χ3v) is 1.52. The van der Waals surface area contributed by atoms with Crippen molar-refractivity contribution in [2.75, 3.05) is 0 Å². The Bertz CT molecular complexity index is 166. The zero-order valence-electron chi connectivity index (χ0n) is 7.85. The van der Waals surface area contributed by atoms with Gasteiger partial charge < -0.3 is 0 Å². The van der Waals surface area contributed by atoms with Gasteiger partial charge in [0.05, 0.1) is 0 Å². The predicted molar refractivity (Wildman–Crippen MR) is 51.6 cm³/mol. The lowest BCUT2D eigenvalue weighted by Crippen LogP contribution is -1.73. The summed E-state index contributed by atoms with van der Waals surface area (Å²) in [6.45, 7) is 6.36. The van der Waals surface area contributed by atoms with Gasteiger partial charge in [0.2, 0.25) is 0 Å². The van der Waals surface area contributed by atoms with Crippen LogP contribution in [-0.4, -0.2) is 0 Å². The molecule has 0 aliphatic carbocycles. The van der Waals surface area contributed by atoms with E-state index in [1.807, 2.05) is 25.2 Å². The van der Waals surface area contributed by atoms with Gasteiger partial charge in [-0.15, -0.1) is 5.73 Å². The largest absolute Gasteiger partial charge is 0.122 e. The quantitative estimate of drug-likeness (QED) is 0.422. The van der Waals surface area contributed by atoms with Crippen molar-refractivity contribution in [2.45, 2.75) is 40.0 Å². The zero-order valence-corrected chi connectivity index (χ0v) is 7.85. The lowest BCUT2D eigenvalue weighted by atomic mass is 10.1. The van der Waals surface area contributed by atoms with Crippen molar-refractivity contribution < 1.29 is 0 Å². The molecule has 0 N–H and O–H groups in total. The SMILES string of the molecule is C/C=C/C=C=C(C)CCCC. The van der Waals surface area contributed by atoms with E-state index < -0.39 is 0 Å². The Morgan fingerprint density at radius 3 is 2.73 bits per heavy atom. The fraction of sp³-hybridized carbons (Fsp3) is 0.545. The van der Waals surface area contributed by atoms with E-state index in [0.29, 0.717) is 0 Å². The highest BCUT2D eigenvalue weighted by atomic mass is 13.9. The predicted octanol–water partition coefficient (Wildman–Crippen LogP) is 3.85. The van der Waals surface area contributed by atoms with E-state index in [4.69, 9.17) is 0 Å². The summed E-state index contributed by atoms with van der Waals surface area (Å²) in [6, 6.07) is 0. The van der Waals surface area contributed by atoms with Crippen LogP contribution in [0.2, 0.25) is 0 Å². The van der Waals surface area contributed by atoms with Crippen LogP contribution in [-0.2, 0) is 0 Å². The van der Waals surface area contributed by atoms with Crippen molar-refractivity contribution >= 4 is 0 Å². The smallest absolute Gasteiger partial charge is 0.0204 e. The Morgan fingerprint density at radius 1 is 1.45 bits per heavy atom. The van der Waals surface area contributed by atoms with Crippen LogP contribution in [0.5, 0.6) is 0 Å². The van der Waals surface area contributed by atoms with Crippen LogP contribution in [0.1, 0.15) is 40.0 Å². The number of allylic oxidation sites excluding steroid dienone is 3. The summed E-state index contributed by atoms with van der Waals surface area (Å²) >= 11 is 0. The molecule has 0 fully saturated rings. The average molecular weight is 150 g/mol. The number of hydrogen-bond donors (Lipinski definition) is 0. The molecule has 0 aliphatic rings. The van der Waals surface area contributed by atoms with Gasteiger partial charge in [0, 0.05) is 0 Å². The van der Waals surface area contributed by atoms with Crippen molar-refractivity contribution in [1.82, 2.24) is 0 Å². The fourth-order valence-corrected chi connectivity index (χ4v) is 0.801. The Morgan fingerprint density at radius 2 is 2.18 bits per heavy atom. The summed E-state index contributed by atoms with van der Waals surface area (Å²) in [7, 11) is 0. The molecule has 0 amide bonds. The van der Waals surface area contributed by atoms with Crippen molar-refractivity contribution in [3.63, 3.8) is 0 Å². The molecule has 0 unspecified atom stereocenters. The summed E-state index contributed by atoms with van der Waals surface area (Å²) in [6.07, 6.45) is 9.73. The van der Waals surface area contributed by atoms with E-state index >= 15 is 0 Å². The molecule has 0 aliphatic heterocycles. The summed E-state index contributed by atoms with van der Waals surface area (Å²) < 4.78 is 0. The van der Waals surface area contributed by atoms with Gasteiger partial charge in [0.25, 0.3) is 0 Å². The second kappa shape index (κ2) is 7.37. The minimum absolute atomic E-state index is 1.19. The van der Waals surface area contributed by atoms with Gasteiger partial charge in [-0.2, -0.15) is 0 Å². The second-order valence-electron chi connectivity index (χ2n) is 2.72. The Labute approximate surface area is 70.3 Å². The lowest BCUT2D eigenvalue weighted by molar-refractivity contribution is 0.788. The van der Waals surface area contributed by atoms with Gasteiger partial charge in [-0.05, 0) is 38.3 Å². The maximum atomic E-state index is 3.22. The number of hydrogen-bond acceptors (Lipinski definition) is 0. The molecule has 62 valence electrons. The van der Waals surface area contributed by atoms with Gasteiger partial charge in [-0.3, -0.25) is 0 Å². The molecule has 0 aromatic rings. The molecule has 0 rings (SSSR count). The van der Waals surface area contributed by atoms with Crippen LogP contribution in [0.3, 0.4) is 0 Å². The molecule has 0 saturated carbocycles. The van der Waals surface area contributed by atoms with Crippen LogP contribution >= 0.6 is 0 Å². The second-order valence-corrected chi connectivity index (χ2v) is 2.72. The van der Waals surface area contributed by atoms with E-state index in [1.54, 1.807) is 0 Å². The average Bonchev–Trinajstić information content (AvgIpc) is 2.01. The molecule has 0 saturated heterocycles. The van der Waals surface area contributed by atoms with Crippen LogP contribution in [0.25, 0.3) is 0 Å². The number of rotatable bonds is 4. The molecule has 0 atom stereocenters. The van der Waals surface area contributed by atoms with Gasteiger partial charge >= 0.3 is 0 Å². The standard InChI is InChI=1S/C11H18/c1-4-6-8-10-11(3)9-7-5-2/h4,6,8H,5,7,9H2,1-3H3/b6-4+. The lowest BCUT2D eigenvalue weighted by Gasteiger charge is -1.92. The zero-order chi connectivity index (χ0) is 8.53. The first-order valence-electron chi connectivity index (χ1n) is 4.34. The Balaban J connectivity index is 3.79. The molecule has 11 heavy (non-hydrogen) atoms. The van der Waals surface area contributed by atoms with Gasteiger partial charge in [-0.1, -0.05) is 25.5 Å². The van der Waals surface area contributed by atoms with Crippen LogP contribution in [0, 0.1) is 0 Å². The van der Waals surface area contributed by atoms with E-state index in [-0.39, 0.29) is 0 Å². The molecule has 0 aromatic heterocycles. The highest BCUT2D eigenvalue weighted by molar-refractivity contribution is 5.06. The Hall–Kier alpha value is -0.740. The summed E-state index contributed by atoms with van der Waals surface area (Å²) in [4.78, 5) is 0. The topological polar surface area (TPSA) is 0 Å². The first-order chi connectivity index (χ1) is 5.31. The molecular weight excluding hydrogens is 132 g/mol. The van der Waals surface area contributed by atoms with Crippen molar-refractivity contribution in [3.05, 3.63) is 29.5 Å². The highest BCUT2D eigenvalue weighted by Crippen LogP contribution is 2.03. The third-order valence-electron chi connectivity index (χ3n) is 1.52. The molecule has 0 bridgehead atoms.